The summed E-state index contributed by atoms with van der Waals surface area (Å²) >= 11 is 0. The van der Waals surface area contributed by atoms with Crippen molar-refractivity contribution in [3.63, 3.8) is 0 Å². The van der Waals surface area contributed by atoms with Gasteiger partial charge in [-0.15, -0.1) is 0 Å². The lowest BCUT2D eigenvalue weighted by Gasteiger charge is -2.30. The second kappa shape index (κ2) is 18.9. The van der Waals surface area contributed by atoms with Crippen molar-refractivity contribution in [2.45, 2.75) is 148 Å². The Morgan fingerprint density at radius 2 is 1.00 bits per heavy atom. The van der Waals surface area contributed by atoms with Crippen LogP contribution in [-0.4, -0.2) is 22.6 Å². The van der Waals surface area contributed by atoms with Gasteiger partial charge in [-0.25, -0.2) is 0 Å². The van der Waals surface area contributed by atoms with Crippen LogP contribution in [0.1, 0.15) is 143 Å². The van der Waals surface area contributed by atoms with Crippen LogP contribution in [0.4, 0.5) is 0 Å². The van der Waals surface area contributed by atoms with E-state index in [2.05, 4.69) is 13.8 Å². The van der Waals surface area contributed by atoms with E-state index in [9.17, 15) is 9.59 Å². The minimum absolute atomic E-state index is 0.517. The largest absolute Gasteiger partial charge is 0.481 e. The van der Waals surface area contributed by atoms with Crippen LogP contribution < -0.4 is 0 Å². The summed E-state index contributed by atoms with van der Waals surface area (Å²) < 4.78 is 5.65. The smallest absolute Gasteiger partial charge is 0.317 e. The zero-order valence-electron chi connectivity index (χ0n) is 19.6. The molecule has 1 N–H and O–H groups in total. The third kappa shape index (κ3) is 18.7. The van der Waals surface area contributed by atoms with Crippen LogP contribution >= 0.6 is 0 Å². The summed E-state index contributed by atoms with van der Waals surface area (Å²) in [6.45, 7) is 6.47. The fourth-order valence-electron chi connectivity index (χ4n) is 3.93. The monoisotopic (exact) mass is 412 g/mol. The summed E-state index contributed by atoms with van der Waals surface area (Å²) in [5.74, 6) is -1.71. The summed E-state index contributed by atoms with van der Waals surface area (Å²) in [6.07, 6.45) is 21.1. The van der Waals surface area contributed by atoms with Gasteiger partial charge in [0.25, 0.3) is 0 Å². The lowest BCUT2D eigenvalue weighted by Crippen LogP contribution is -2.32. The highest BCUT2D eigenvalue weighted by molar-refractivity contribution is 5.90. The van der Waals surface area contributed by atoms with Crippen LogP contribution in [0.5, 0.6) is 0 Å². The van der Waals surface area contributed by atoms with Crippen LogP contribution in [0, 0.1) is 0 Å². The molecule has 0 fully saturated rings. The van der Waals surface area contributed by atoms with Gasteiger partial charge < -0.3 is 9.84 Å². The van der Waals surface area contributed by atoms with E-state index in [1.54, 1.807) is 0 Å². The number of carboxylic acid groups (broad SMARTS) is 1. The predicted molar refractivity (Wildman–Crippen MR) is 121 cm³/mol. The number of aliphatic carboxylic acids is 1. The SMILES string of the molecule is CCCCCCCCCCC(C)(CCCCCCCCCC)OC(=O)CC(=O)O. The van der Waals surface area contributed by atoms with Gasteiger partial charge in [-0.05, 0) is 32.6 Å². The molecule has 4 heteroatoms. The lowest BCUT2D eigenvalue weighted by molar-refractivity contribution is -0.163. The first-order valence-electron chi connectivity index (χ1n) is 12.4. The Morgan fingerprint density at radius 1 is 0.655 bits per heavy atom. The molecule has 0 saturated carbocycles. The number of ether oxygens (including phenoxy) is 1. The highest BCUT2D eigenvalue weighted by Crippen LogP contribution is 2.27. The van der Waals surface area contributed by atoms with E-state index in [4.69, 9.17) is 9.84 Å². The third-order valence-electron chi connectivity index (χ3n) is 5.77. The van der Waals surface area contributed by atoms with Crippen LogP contribution in [0.2, 0.25) is 0 Å². The number of esters is 1. The number of carbonyl (C=O) groups is 2. The molecule has 0 bridgehead atoms. The molecule has 0 unspecified atom stereocenters. The predicted octanol–water partition coefficient (Wildman–Crippen LogP) is 7.82. The van der Waals surface area contributed by atoms with E-state index in [1.165, 1.54) is 77.0 Å². The fourth-order valence-corrected chi connectivity index (χ4v) is 3.93. The molecule has 0 amide bonds. The number of hydrogen-bond acceptors (Lipinski definition) is 3. The summed E-state index contributed by atoms with van der Waals surface area (Å²) in [7, 11) is 0. The molecule has 29 heavy (non-hydrogen) atoms. The van der Waals surface area contributed by atoms with Crippen LogP contribution in [-0.2, 0) is 14.3 Å². The van der Waals surface area contributed by atoms with E-state index in [0.717, 1.165) is 38.5 Å². The molecule has 0 aromatic heterocycles. The van der Waals surface area contributed by atoms with Crippen molar-refractivity contribution < 1.29 is 19.4 Å². The molecule has 0 radical (unpaired) electrons. The second-order valence-electron chi connectivity index (χ2n) is 8.94. The van der Waals surface area contributed by atoms with E-state index in [-0.39, 0.29) is 0 Å². The van der Waals surface area contributed by atoms with Gasteiger partial charge in [0.05, 0.1) is 0 Å². The molecular formula is C25H48O4. The first-order chi connectivity index (χ1) is 13.9. The Morgan fingerprint density at radius 3 is 1.34 bits per heavy atom. The molecule has 172 valence electrons. The van der Waals surface area contributed by atoms with Gasteiger partial charge in [0, 0.05) is 0 Å². The summed E-state index contributed by atoms with van der Waals surface area (Å²) in [4.78, 5) is 22.7. The Bertz CT molecular complexity index is 386. The van der Waals surface area contributed by atoms with Crippen LogP contribution in [0.25, 0.3) is 0 Å². The normalized spacial score (nSPS) is 11.6. The standard InChI is InChI=1S/C25H48O4/c1-4-6-8-10-12-14-16-18-20-25(3,29-24(28)22-23(26)27)21-19-17-15-13-11-9-7-5-2/h4-22H2,1-3H3,(H,26,27). The topological polar surface area (TPSA) is 63.6 Å². The van der Waals surface area contributed by atoms with Crippen LogP contribution in [0.3, 0.4) is 0 Å². The van der Waals surface area contributed by atoms with E-state index < -0.39 is 24.0 Å². The minimum Gasteiger partial charge on any atom is -0.481 e. The minimum atomic E-state index is -1.11. The highest BCUT2D eigenvalue weighted by atomic mass is 16.6. The molecular weight excluding hydrogens is 364 g/mol. The quantitative estimate of drug-likeness (QED) is 0.118. The summed E-state index contributed by atoms with van der Waals surface area (Å²) in [5, 5.41) is 8.85. The molecule has 0 saturated heterocycles. The van der Waals surface area contributed by atoms with E-state index >= 15 is 0 Å². The molecule has 4 nitrogen and oxygen atoms in total. The van der Waals surface area contributed by atoms with E-state index in [1.807, 2.05) is 6.92 Å². The maximum absolute atomic E-state index is 11.9. The van der Waals surface area contributed by atoms with Crippen molar-refractivity contribution in [3.8, 4) is 0 Å². The molecule has 0 atom stereocenters. The number of hydrogen-bond donors (Lipinski definition) is 1. The molecule has 0 aromatic rings. The molecule has 0 aliphatic carbocycles. The van der Waals surface area contributed by atoms with Crippen molar-refractivity contribution in [2.75, 3.05) is 0 Å². The third-order valence-corrected chi connectivity index (χ3v) is 5.77. The maximum Gasteiger partial charge on any atom is 0.317 e. The Labute approximate surface area is 180 Å². The van der Waals surface area contributed by atoms with Gasteiger partial charge in [-0.1, -0.05) is 104 Å². The maximum atomic E-state index is 11.9. The highest BCUT2D eigenvalue weighted by Gasteiger charge is 2.28. The Hall–Kier alpha value is -1.06. The van der Waals surface area contributed by atoms with Gasteiger partial charge in [-0.3, -0.25) is 9.59 Å². The molecule has 0 aliphatic rings. The zero-order chi connectivity index (χ0) is 21.8. The van der Waals surface area contributed by atoms with Crippen molar-refractivity contribution in [1.29, 1.82) is 0 Å². The number of carboxylic acids is 1. The van der Waals surface area contributed by atoms with Gasteiger partial charge >= 0.3 is 11.9 Å². The number of rotatable bonds is 21. The van der Waals surface area contributed by atoms with Gasteiger partial charge in [0.15, 0.2) is 0 Å². The molecule has 0 heterocycles. The van der Waals surface area contributed by atoms with Gasteiger partial charge in [0.1, 0.15) is 12.0 Å². The average molecular weight is 413 g/mol. The number of unbranched alkanes of at least 4 members (excludes halogenated alkanes) is 14. The molecule has 0 aliphatic heterocycles. The van der Waals surface area contributed by atoms with Crippen LogP contribution in [0.15, 0.2) is 0 Å². The average Bonchev–Trinajstić information content (AvgIpc) is 2.65. The summed E-state index contributed by atoms with van der Waals surface area (Å²) in [5.41, 5.74) is -0.517. The molecule has 0 aromatic carbocycles. The summed E-state index contributed by atoms with van der Waals surface area (Å²) in [6, 6.07) is 0. The number of carbonyl (C=O) groups excluding carboxylic acids is 1. The lowest BCUT2D eigenvalue weighted by atomic mass is 9.91. The van der Waals surface area contributed by atoms with E-state index in [0.29, 0.717) is 0 Å². The zero-order valence-corrected chi connectivity index (χ0v) is 19.6. The first kappa shape index (κ1) is 27.9. The fraction of sp³-hybridized carbons (Fsp3) is 0.920. The molecule has 0 spiro atoms. The van der Waals surface area contributed by atoms with Crippen molar-refractivity contribution in [3.05, 3.63) is 0 Å². The molecule has 0 rings (SSSR count). The Balaban J connectivity index is 4.18. The Kier molecular flexibility index (Phi) is 18.2. The van der Waals surface area contributed by atoms with Crippen molar-refractivity contribution >= 4 is 11.9 Å². The first-order valence-corrected chi connectivity index (χ1v) is 12.4. The van der Waals surface area contributed by atoms with Gasteiger partial charge in [0.2, 0.25) is 0 Å². The van der Waals surface area contributed by atoms with Crippen molar-refractivity contribution in [1.82, 2.24) is 0 Å². The second-order valence-corrected chi connectivity index (χ2v) is 8.94. The van der Waals surface area contributed by atoms with Gasteiger partial charge in [-0.2, -0.15) is 0 Å². The van der Waals surface area contributed by atoms with Crippen molar-refractivity contribution in [2.24, 2.45) is 0 Å².